The highest BCUT2D eigenvalue weighted by molar-refractivity contribution is 7.98. The summed E-state index contributed by atoms with van der Waals surface area (Å²) in [5, 5.41) is 5.36. The number of fused-ring (bicyclic) bond motifs is 2. The molecule has 24 heteroatoms. The number of carbonyl (C=O) groups is 4. The van der Waals surface area contributed by atoms with Crippen molar-refractivity contribution in [2.45, 2.75) is 62.7 Å². The van der Waals surface area contributed by atoms with Gasteiger partial charge in [0.25, 0.3) is 0 Å². The number of nitrogens with zero attached hydrogens (tertiary/aromatic N) is 6. The van der Waals surface area contributed by atoms with Crippen molar-refractivity contribution in [1.82, 2.24) is 49.0 Å². The molecule has 2 saturated heterocycles. The fourth-order valence-corrected chi connectivity index (χ4v) is 13.3. The molecule has 0 unspecified atom stereocenters. The van der Waals surface area contributed by atoms with Gasteiger partial charge in [0.15, 0.2) is 0 Å². The van der Waals surface area contributed by atoms with Crippen molar-refractivity contribution in [3.8, 4) is 22.3 Å². The molecule has 416 valence electrons. The fourth-order valence-electron chi connectivity index (χ4n) is 10.7. The lowest BCUT2D eigenvalue weighted by molar-refractivity contribution is -0.138. The van der Waals surface area contributed by atoms with Crippen molar-refractivity contribution < 1.29 is 45.5 Å². The lowest BCUT2D eigenvalue weighted by Gasteiger charge is -2.40. The summed E-state index contributed by atoms with van der Waals surface area (Å²) in [7, 11) is -4.72. The molecule has 6 aromatic rings. The normalized spacial score (nSPS) is 18.3. The van der Waals surface area contributed by atoms with Crippen LogP contribution >= 0.6 is 23.5 Å². The number of amides is 4. The molecular formula is C54H66N10O10S4. The van der Waals surface area contributed by atoms with E-state index in [4.69, 9.17) is 19.4 Å². The molecule has 2 aromatic heterocycles. The van der Waals surface area contributed by atoms with Crippen molar-refractivity contribution in [1.29, 1.82) is 0 Å². The van der Waals surface area contributed by atoms with E-state index in [1.807, 2.05) is 36.8 Å². The van der Waals surface area contributed by atoms with E-state index in [1.165, 1.54) is 22.8 Å². The molecule has 20 nitrogen and oxygen atoms in total. The lowest BCUT2D eigenvalue weighted by atomic mass is 9.87. The van der Waals surface area contributed by atoms with Crippen LogP contribution in [0.4, 0.5) is 9.59 Å². The van der Waals surface area contributed by atoms with Crippen LogP contribution in [-0.4, -0.2) is 181 Å². The number of H-pyrrole nitrogens is 2. The van der Waals surface area contributed by atoms with Crippen molar-refractivity contribution in [3.63, 3.8) is 0 Å². The third-order valence-electron chi connectivity index (χ3n) is 14.9. The molecule has 4 amide bonds. The molecule has 2 fully saturated rings. The Hall–Kier alpha value is -6.18. The molecule has 4 aromatic carbocycles. The smallest absolute Gasteiger partial charge is 0.407 e. The summed E-state index contributed by atoms with van der Waals surface area (Å²) in [6.07, 6.45) is 8.41. The Labute approximate surface area is 463 Å². The van der Waals surface area contributed by atoms with Crippen LogP contribution in [0.3, 0.4) is 0 Å². The van der Waals surface area contributed by atoms with Crippen molar-refractivity contribution in [2.24, 2.45) is 0 Å². The number of piperazine rings is 2. The summed E-state index contributed by atoms with van der Waals surface area (Å²) < 4.78 is 63.9. The molecule has 4 atom stereocenters. The first-order chi connectivity index (χ1) is 37.3. The predicted molar refractivity (Wildman–Crippen MR) is 304 cm³/mol. The Balaban J connectivity index is 0.978. The van der Waals surface area contributed by atoms with Gasteiger partial charge in [-0.05, 0) is 131 Å². The molecule has 0 radical (unpaired) electrons. The van der Waals surface area contributed by atoms with E-state index in [9.17, 15) is 36.0 Å². The molecule has 2 aliphatic heterocycles. The van der Waals surface area contributed by atoms with Crippen LogP contribution in [0.25, 0.3) is 44.3 Å². The van der Waals surface area contributed by atoms with E-state index in [2.05, 4.69) is 69.1 Å². The molecule has 12 rings (SSSR count). The van der Waals surface area contributed by atoms with Crippen LogP contribution in [0.15, 0.2) is 72.8 Å². The molecule has 6 aliphatic rings. The van der Waals surface area contributed by atoms with Crippen molar-refractivity contribution in [3.05, 3.63) is 107 Å². The second-order valence-corrected chi connectivity index (χ2v) is 25.9. The number of thioether (sulfide) groups is 2. The molecule has 4 N–H and O–H groups in total. The number of rotatable bonds is 16. The summed E-state index contributed by atoms with van der Waals surface area (Å²) >= 11 is 3.09. The maximum Gasteiger partial charge on any atom is 0.407 e. The second kappa shape index (κ2) is 24.0. The van der Waals surface area contributed by atoms with Crippen LogP contribution in [0.1, 0.15) is 58.8 Å². The standard InChI is InChI=1S/C54H66N10O10S4/c1-73-53(67)59-43(19-25-75-3)51(65)63-23-21-61(77(5,69)70)31-47(63)49-55-41-17-15-37(29-45(41)57-49)39-27-33-7-11-35(39)13-9-34-8-12-36(14-10-33)40(28-34)38-16-18-42-46(30-38)58-50(56-42)48-32-62(78(6,71)72)22-24-64(48)52(66)44(20-26-76-4)60-54(68)74-2/h7-8,11-12,15-18,27-30,43-44,47-48H,9-10,13-14,19-26,31-32H2,1-6H3,(H,55,57)(H,56,58)(H,59,67)(H,60,68)/t43-,44-,47-,48-/m0/s1. The number of methoxy groups -OCH3 is 2. The average molecular weight is 1140 g/mol. The third-order valence-corrected chi connectivity index (χ3v) is 18.8. The van der Waals surface area contributed by atoms with E-state index < -0.39 is 56.4 Å². The number of ether oxygens (including phenoxy) is 2. The van der Waals surface area contributed by atoms with Gasteiger partial charge in [0.1, 0.15) is 35.8 Å². The van der Waals surface area contributed by atoms with Crippen LogP contribution in [0.2, 0.25) is 0 Å². The number of hydrogen-bond acceptors (Lipinski definition) is 14. The Morgan fingerprint density at radius 1 is 0.603 bits per heavy atom. The first-order valence-corrected chi connectivity index (χ1v) is 32.3. The Kier molecular flexibility index (Phi) is 17.4. The van der Waals surface area contributed by atoms with E-state index in [1.54, 1.807) is 33.3 Å². The SMILES string of the molecule is COC(=O)N[C@@H](CCSC)C(=O)N1CCN(S(C)(=O)=O)C[C@H]1c1nc2cc(-c3cc4ccc3CCc3ccc(c(-c5ccc6[nH]c([C@@H]7CN(S(C)(=O)=O)CCN7C(=O)[C@H](CCSC)NC(=O)OC)nc6c5)c3)CC4)ccc2[nH]1. The van der Waals surface area contributed by atoms with Crippen LogP contribution in [0.5, 0.6) is 0 Å². The van der Waals surface area contributed by atoms with Gasteiger partial charge < -0.3 is 39.9 Å². The number of carbonyl (C=O) groups excluding carboxylic acids is 4. The van der Waals surface area contributed by atoms with Gasteiger partial charge >= 0.3 is 12.2 Å². The van der Waals surface area contributed by atoms with Gasteiger partial charge in [-0.1, -0.05) is 48.5 Å². The van der Waals surface area contributed by atoms with E-state index >= 15 is 0 Å². The Morgan fingerprint density at radius 2 is 1.01 bits per heavy atom. The van der Waals surface area contributed by atoms with Gasteiger partial charge in [0.2, 0.25) is 31.9 Å². The summed E-state index contributed by atoms with van der Waals surface area (Å²) in [6, 6.07) is 22.2. The van der Waals surface area contributed by atoms with Gasteiger partial charge in [-0.25, -0.2) is 36.4 Å². The van der Waals surface area contributed by atoms with Gasteiger partial charge in [-0.15, -0.1) is 0 Å². The minimum atomic E-state index is -3.60. The number of imidazole rings is 2. The predicted octanol–water partition coefficient (Wildman–Crippen LogP) is 5.90. The van der Waals surface area contributed by atoms with Crippen molar-refractivity contribution >= 4 is 89.6 Å². The topological polar surface area (TPSA) is 249 Å². The van der Waals surface area contributed by atoms with Crippen LogP contribution in [-0.2, 0) is 64.8 Å². The maximum absolute atomic E-state index is 14.2. The van der Waals surface area contributed by atoms with Crippen molar-refractivity contribution in [2.75, 3.05) is 90.0 Å². The molecular weight excluding hydrogens is 1080 g/mol. The monoisotopic (exact) mass is 1140 g/mol. The molecule has 4 heterocycles. The van der Waals surface area contributed by atoms with Crippen LogP contribution in [0, 0.1) is 0 Å². The Bertz CT molecular complexity index is 3240. The lowest BCUT2D eigenvalue weighted by Crippen LogP contribution is -2.57. The number of aryl methyl sites for hydroxylation is 4. The molecule has 0 saturated carbocycles. The summed E-state index contributed by atoms with van der Waals surface area (Å²) in [4.78, 5) is 73.2. The fraction of sp³-hybridized carbons (Fsp3) is 0.444. The zero-order valence-corrected chi connectivity index (χ0v) is 47.8. The van der Waals surface area contributed by atoms with Crippen LogP contribution < -0.4 is 10.6 Å². The zero-order chi connectivity index (χ0) is 55.5. The van der Waals surface area contributed by atoms with E-state index in [0.717, 1.165) is 93.7 Å². The number of sulfonamides is 2. The summed E-state index contributed by atoms with van der Waals surface area (Å²) in [5.74, 6) is 1.41. The van der Waals surface area contributed by atoms with E-state index in [0.29, 0.717) is 47.0 Å². The van der Waals surface area contributed by atoms with Gasteiger partial charge in [0, 0.05) is 39.3 Å². The highest BCUT2D eigenvalue weighted by Gasteiger charge is 2.41. The minimum Gasteiger partial charge on any atom is -0.453 e. The first kappa shape index (κ1) is 56.5. The van der Waals surface area contributed by atoms with Gasteiger partial charge in [0.05, 0.1) is 48.8 Å². The third kappa shape index (κ3) is 12.6. The quantitative estimate of drug-likeness (QED) is 0.0881. The minimum absolute atomic E-state index is 0.00641. The Morgan fingerprint density at radius 3 is 1.38 bits per heavy atom. The number of alkyl carbamates (subject to hydrolysis) is 2. The molecule has 4 aliphatic carbocycles. The van der Waals surface area contributed by atoms with Gasteiger partial charge in [-0.2, -0.15) is 32.1 Å². The zero-order valence-electron chi connectivity index (χ0n) is 44.5. The number of hydrogen-bond donors (Lipinski definition) is 4. The number of nitrogens with one attached hydrogen (secondary N) is 4. The largest absolute Gasteiger partial charge is 0.453 e. The first-order valence-electron chi connectivity index (χ1n) is 25.8. The maximum atomic E-state index is 14.2. The highest BCUT2D eigenvalue weighted by Crippen LogP contribution is 2.36. The molecule has 78 heavy (non-hydrogen) atoms. The summed E-state index contributed by atoms with van der Waals surface area (Å²) in [6.45, 7) is 0.413. The number of benzene rings is 4. The average Bonchev–Trinajstić information content (AvgIpc) is 4.15. The molecule has 0 spiro atoms. The van der Waals surface area contributed by atoms with E-state index in [-0.39, 0.29) is 51.1 Å². The summed E-state index contributed by atoms with van der Waals surface area (Å²) in [5.41, 5.74) is 11.6. The number of aromatic amines is 2. The van der Waals surface area contributed by atoms with Gasteiger partial charge in [-0.3, -0.25) is 9.59 Å². The second-order valence-electron chi connectivity index (χ2n) is 20.0. The molecule has 4 bridgehead atoms. The highest BCUT2D eigenvalue weighted by atomic mass is 32.2. The number of aromatic nitrogens is 4.